The number of rotatable bonds is 0. The minimum atomic E-state index is 0. The van der Waals surface area contributed by atoms with Crippen LogP contribution in [-0.2, 0) is 20.4 Å². The summed E-state index contributed by atoms with van der Waals surface area (Å²) < 4.78 is 0. The molecule has 2 saturated carbocycles. The van der Waals surface area contributed by atoms with E-state index in [-0.39, 0.29) is 20.4 Å². The third-order valence-electron chi connectivity index (χ3n) is 2.39. The Morgan fingerprint density at radius 2 is 1.70 bits per heavy atom. The SMILES string of the molecule is C1CC2CC[C-]1C2.[CH-]=C.[Pd+2]. The summed E-state index contributed by atoms with van der Waals surface area (Å²) in [6, 6.07) is 0. The first-order valence-corrected chi connectivity index (χ1v) is 3.69. The standard InChI is InChI=1S/C7H11.C2H3.Pd/c1-2-7-4-3-6(1)5-7;1-2;/h6H,1-5H2;1H,2H2;/q2*-1;+2. The normalized spacial score (nSPS) is 23.2. The van der Waals surface area contributed by atoms with E-state index < -0.39 is 0 Å². The Morgan fingerprint density at radius 1 is 1.20 bits per heavy atom. The second-order valence-electron chi connectivity index (χ2n) is 2.90. The average molecular weight is 229 g/mol. The van der Waals surface area contributed by atoms with Crippen LogP contribution in [-0.4, -0.2) is 0 Å². The van der Waals surface area contributed by atoms with Crippen molar-refractivity contribution >= 4 is 0 Å². The van der Waals surface area contributed by atoms with Crippen molar-refractivity contribution < 1.29 is 20.4 Å². The topological polar surface area (TPSA) is 0 Å². The van der Waals surface area contributed by atoms with Gasteiger partial charge in [0.2, 0.25) is 0 Å². The van der Waals surface area contributed by atoms with E-state index >= 15 is 0 Å². The molecular weight excluding hydrogens is 215 g/mol. The van der Waals surface area contributed by atoms with Gasteiger partial charge < -0.3 is 12.5 Å². The zero-order valence-corrected chi connectivity index (χ0v) is 7.77. The molecule has 2 fully saturated rings. The van der Waals surface area contributed by atoms with E-state index in [0.29, 0.717) is 0 Å². The smallest absolute Gasteiger partial charge is 0.521 e. The van der Waals surface area contributed by atoms with Gasteiger partial charge in [0.05, 0.1) is 0 Å². The Labute approximate surface area is 77.7 Å². The molecule has 0 amide bonds. The van der Waals surface area contributed by atoms with E-state index in [4.69, 9.17) is 0 Å². The molecule has 0 unspecified atom stereocenters. The quantitative estimate of drug-likeness (QED) is 0.442. The Kier molecular flexibility index (Phi) is 5.31. The maximum atomic E-state index is 4.25. The first kappa shape index (κ1) is 10.4. The predicted molar refractivity (Wildman–Crippen MR) is 39.7 cm³/mol. The van der Waals surface area contributed by atoms with Gasteiger partial charge in [-0.05, 0) is 0 Å². The van der Waals surface area contributed by atoms with Crippen molar-refractivity contribution in [2.75, 3.05) is 0 Å². The molecule has 60 valence electrons. The van der Waals surface area contributed by atoms with Crippen LogP contribution in [0, 0.1) is 18.4 Å². The summed E-state index contributed by atoms with van der Waals surface area (Å²) in [5, 5.41) is 0. The van der Waals surface area contributed by atoms with Crippen LogP contribution in [0.3, 0.4) is 0 Å². The summed E-state index contributed by atoms with van der Waals surface area (Å²) in [5.41, 5.74) is 0. The van der Waals surface area contributed by atoms with E-state index in [1.165, 1.54) is 32.1 Å². The molecule has 0 spiro atoms. The van der Waals surface area contributed by atoms with Gasteiger partial charge in [0, 0.05) is 0 Å². The van der Waals surface area contributed by atoms with Crippen molar-refractivity contribution in [2.45, 2.75) is 32.1 Å². The van der Waals surface area contributed by atoms with Crippen LogP contribution in [0.5, 0.6) is 0 Å². The monoisotopic (exact) mass is 228 g/mol. The molecule has 0 aliphatic heterocycles. The van der Waals surface area contributed by atoms with Gasteiger partial charge in [0.1, 0.15) is 0 Å². The summed E-state index contributed by atoms with van der Waals surface area (Å²) in [6.07, 6.45) is 7.50. The fourth-order valence-corrected chi connectivity index (χ4v) is 1.90. The van der Waals surface area contributed by atoms with Crippen LogP contribution in [0.4, 0.5) is 0 Å². The average Bonchev–Trinajstić information content (AvgIpc) is 2.53. The van der Waals surface area contributed by atoms with Crippen LogP contribution in [0.1, 0.15) is 32.1 Å². The molecule has 2 aliphatic rings. The van der Waals surface area contributed by atoms with Crippen LogP contribution >= 0.6 is 0 Å². The fourth-order valence-electron chi connectivity index (χ4n) is 1.90. The zero-order valence-electron chi connectivity index (χ0n) is 6.21. The van der Waals surface area contributed by atoms with Crippen molar-refractivity contribution in [1.29, 1.82) is 0 Å². The van der Waals surface area contributed by atoms with Gasteiger partial charge in [-0.2, -0.15) is 19.3 Å². The van der Waals surface area contributed by atoms with Gasteiger partial charge in [0.15, 0.2) is 0 Å². The number of hydrogen-bond acceptors (Lipinski definition) is 0. The third-order valence-corrected chi connectivity index (χ3v) is 2.39. The van der Waals surface area contributed by atoms with Crippen LogP contribution < -0.4 is 0 Å². The second-order valence-corrected chi connectivity index (χ2v) is 2.90. The molecule has 0 aromatic carbocycles. The zero-order chi connectivity index (χ0) is 6.69. The summed E-state index contributed by atoms with van der Waals surface area (Å²) in [7, 11) is 0. The molecule has 0 aromatic rings. The van der Waals surface area contributed by atoms with E-state index in [0.717, 1.165) is 5.92 Å². The number of hydrogen-bond donors (Lipinski definition) is 0. The van der Waals surface area contributed by atoms with Gasteiger partial charge in [-0.25, -0.2) is 0 Å². The van der Waals surface area contributed by atoms with E-state index in [9.17, 15) is 0 Å². The van der Waals surface area contributed by atoms with E-state index in [1.54, 1.807) is 0 Å². The van der Waals surface area contributed by atoms with Crippen molar-refractivity contribution in [3.8, 4) is 0 Å². The molecular formula is C9H14Pd. The fraction of sp³-hybridized carbons (Fsp3) is 0.667. The van der Waals surface area contributed by atoms with Gasteiger partial charge in [-0.1, -0.05) is 18.8 Å². The number of fused-ring (bicyclic) bond motifs is 2. The van der Waals surface area contributed by atoms with E-state index in [2.05, 4.69) is 13.2 Å². The van der Waals surface area contributed by atoms with Crippen LogP contribution in [0.25, 0.3) is 0 Å². The Hall–Kier alpha value is 0.402. The molecule has 0 N–H and O–H groups in total. The van der Waals surface area contributed by atoms with E-state index in [1.807, 2.05) is 5.92 Å². The summed E-state index contributed by atoms with van der Waals surface area (Å²) >= 11 is 0. The minimum Gasteiger partial charge on any atom is -0.521 e. The minimum absolute atomic E-state index is 0. The molecule has 0 aromatic heterocycles. The molecule has 2 rings (SSSR count). The third kappa shape index (κ3) is 2.22. The van der Waals surface area contributed by atoms with Crippen LogP contribution in [0.2, 0.25) is 0 Å². The summed E-state index contributed by atoms with van der Waals surface area (Å²) in [5.74, 6) is 3.00. The molecule has 0 heterocycles. The Bertz CT molecular complexity index is 72.7. The van der Waals surface area contributed by atoms with Crippen molar-refractivity contribution in [1.82, 2.24) is 0 Å². The molecule has 0 saturated heterocycles. The maximum Gasteiger partial charge on any atom is 2.00 e. The maximum absolute atomic E-state index is 4.25. The largest absolute Gasteiger partial charge is 2.00 e. The molecule has 1 heteroatoms. The predicted octanol–water partition coefficient (Wildman–Crippen LogP) is 2.76. The molecule has 0 radical (unpaired) electrons. The second kappa shape index (κ2) is 5.11. The van der Waals surface area contributed by atoms with Crippen molar-refractivity contribution in [3.05, 3.63) is 19.1 Å². The van der Waals surface area contributed by atoms with Gasteiger partial charge in [-0.15, -0.1) is 0 Å². The van der Waals surface area contributed by atoms with Crippen molar-refractivity contribution in [3.63, 3.8) is 0 Å². The molecule has 2 aliphatic carbocycles. The van der Waals surface area contributed by atoms with Gasteiger partial charge >= 0.3 is 20.4 Å². The Balaban J connectivity index is 0.000000251. The van der Waals surface area contributed by atoms with Crippen molar-refractivity contribution in [2.24, 2.45) is 5.92 Å². The molecule has 0 nitrogen and oxygen atoms in total. The molecule has 2 bridgehead atoms. The van der Waals surface area contributed by atoms with Gasteiger partial charge in [0.25, 0.3) is 0 Å². The summed E-state index contributed by atoms with van der Waals surface area (Å²) in [4.78, 5) is 0. The van der Waals surface area contributed by atoms with Gasteiger partial charge in [-0.3, -0.25) is 6.58 Å². The molecule has 10 heavy (non-hydrogen) atoms. The van der Waals surface area contributed by atoms with Crippen LogP contribution in [0.15, 0.2) is 6.58 Å². The summed E-state index contributed by atoms with van der Waals surface area (Å²) in [6.45, 7) is 7.00. The molecule has 0 atom stereocenters. The Morgan fingerprint density at radius 3 is 1.80 bits per heavy atom. The first-order valence-electron chi connectivity index (χ1n) is 3.69. The first-order chi connectivity index (χ1) is 4.45.